The third-order valence-electron chi connectivity index (χ3n) is 5.46. The molecule has 0 radical (unpaired) electrons. The van der Waals surface area contributed by atoms with Crippen molar-refractivity contribution in [1.82, 2.24) is 15.5 Å². The van der Waals surface area contributed by atoms with Crippen molar-refractivity contribution in [3.05, 3.63) is 77.9 Å². The first-order chi connectivity index (χ1) is 15.7. The van der Waals surface area contributed by atoms with Crippen LogP contribution in [0.3, 0.4) is 0 Å². The van der Waals surface area contributed by atoms with Crippen LogP contribution >= 0.6 is 0 Å². The van der Waals surface area contributed by atoms with Crippen molar-refractivity contribution in [2.45, 2.75) is 32.1 Å². The molecular formula is C26H27N3O3. The van der Waals surface area contributed by atoms with E-state index >= 15 is 0 Å². The number of nitrogens with zero attached hydrogens (tertiary/aromatic N) is 2. The predicted molar refractivity (Wildman–Crippen MR) is 124 cm³/mol. The molecule has 0 saturated heterocycles. The van der Waals surface area contributed by atoms with E-state index in [1.165, 1.54) is 24.8 Å². The van der Waals surface area contributed by atoms with E-state index < -0.39 is 0 Å². The molecule has 0 atom stereocenters. The smallest absolute Gasteiger partial charge is 0.251 e. The molecule has 1 aromatic heterocycles. The second kappa shape index (κ2) is 10.6. The highest BCUT2D eigenvalue weighted by molar-refractivity contribution is 5.94. The minimum absolute atomic E-state index is 0.0546. The van der Waals surface area contributed by atoms with Crippen LogP contribution in [0.5, 0.6) is 17.4 Å². The molecule has 1 heterocycles. The van der Waals surface area contributed by atoms with Crippen molar-refractivity contribution >= 4 is 5.91 Å². The maximum absolute atomic E-state index is 12.4. The van der Waals surface area contributed by atoms with Crippen LogP contribution in [0.25, 0.3) is 11.3 Å². The lowest BCUT2D eigenvalue weighted by Gasteiger charge is -2.13. The fourth-order valence-corrected chi connectivity index (χ4v) is 3.68. The standard InChI is InChI=1S/C26H27N3O3/c1-31-22-8-5-9-23(18-22)32-25-15-14-24(28-29-25)20-10-12-21(13-11-20)26(30)27-17-16-19-6-3-2-4-7-19/h5-6,8-15,18H,2-4,7,16-17H2,1H3,(H,27,30). The van der Waals surface area contributed by atoms with E-state index in [9.17, 15) is 4.79 Å². The molecule has 4 rings (SSSR count). The molecule has 0 aliphatic heterocycles. The van der Waals surface area contributed by atoms with Crippen LogP contribution in [0.15, 0.2) is 72.3 Å². The van der Waals surface area contributed by atoms with Crippen molar-refractivity contribution < 1.29 is 14.3 Å². The Labute approximate surface area is 188 Å². The number of ether oxygens (including phenoxy) is 2. The molecule has 0 bridgehead atoms. The number of benzene rings is 2. The molecule has 1 N–H and O–H groups in total. The molecule has 0 unspecified atom stereocenters. The zero-order valence-electron chi connectivity index (χ0n) is 18.2. The van der Waals surface area contributed by atoms with Crippen LogP contribution in [-0.2, 0) is 0 Å². The van der Waals surface area contributed by atoms with Gasteiger partial charge in [0.25, 0.3) is 5.91 Å². The Kier molecular flexibility index (Phi) is 7.12. The van der Waals surface area contributed by atoms with Gasteiger partial charge in [-0.1, -0.05) is 29.8 Å². The van der Waals surface area contributed by atoms with E-state index in [-0.39, 0.29) is 5.91 Å². The zero-order valence-corrected chi connectivity index (χ0v) is 18.2. The maximum Gasteiger partial charge on any atom is 0.251 e. The molecule has 0 spiro atoms. The molecule has 2 aromatic carbocycles. The molecule has 6 heteroatoms. The minimum atomic E-state index is -0.0546. The summed E-state index contributed by atoms with van der Waals surface area (Å²) >= 11 is 0. The lowest BCUT2D eigenvalue weighted by molar-refractivity contribution is 0.0954. The van der Waals surface area contributed by atoms with E-state index in [2.05, 4.69) is 21.6 Å². The number of hydrogen-bond donors (Lipinski definition) is 1. The quantitative estimate of drug-likeness (QED) is 0.474. The summed E-state index contributed by atoms with van der Waals surface area (Å²) in [7, 11) is 1.61. The summed E-state index contributed by atoms with van der Waals surface area (Å²) in [6, 6.07) is 18.3. The summed E-state index contributed by atoms with van der Waals surface area (Å²) in [4.78, 5) is 12.4. The van der Waals surface area contributed by atoms with Crippen molar-refractivity contribution in [1.29, 1.82) is 0 Å². The lowest BCUT2D eigenvalue weighted by atomic mass is 9.97. The van der Waals surface area contributed by atoms with Gasteiger partial charge in [0.2, 0.25) is 5.88 Å². The van der Waals surface area contributed by atoms with Crippen LogP contribution in [0.2, 0.25) is 0 Å². The number of rotatable bonds is 8. The second-order valence-electron chi connectivity index (χ2n) is 7.73. The van der Waals surface area contributed by atoms with Gasteiger partial charge in [0.05, 0.1) is 12.8 Å². The summed E-state index contributed by atoms with van der Waals surface area (Å²) in [6.45, 7) is 0.673. The fourth-order valence-electron chi connectivity index (χ4n) is 3.68. The Bertz CT molecular complexity index is 1080. The fraction of sp³-hybridized carbons (Fsp3) is 0.269. The first-order valence-corrected chi connectivity index (χ1v) is 10.9. The van der Waals surface area contributed by atoms with Gasteiger partial charge in [-0.05, 0) is 62.4 Å². The Hall–Kier alpha value is -3.67. The molecule has 3 aromatic rings. The normalized spacial score (nSPS) is 13.2. The molecule has 0 saturated carbocycles. The van der Waals surface area contributed by atoms with E-state index in [1.54, 1.807) is 19.2 Å². The number of aromatic nitrogens is 2. The number of amides is 1. The van der Waals surface area contributed by atoms with Crippen molar-refractivity contribution in [3.8, 4) is 28.6 Å². The monoisotopic (exact) mass is 429 g/mol. The SMILES string of the molecule is COc1cccc(Oc2ccc(-c3ccc(C(=O)NCCC4=CCCCC4)cc3)nn2)c1. The largest absolute Gasteiger partial charge is 0.497 e. The first-order valence-electron chi connectivity index (χ1n) is 10.9. The van der Waals surface area contributed by atoms with Crippen LogP contribution in [-0.4, -0.2) is 29.8 Å². The summed E-state index contributed by atoms with van der Waals surface area (Å²) in [6.07, 6.45) is 8.13. The van der Waals surface area contributed by atoms with Gasteiger partial charge >= 0.3 is 0 Å². The van der Waals surface area contributed by atoms with Gasteiger partial charge in [0.1, 0.15) is 11.5 Å². The molecule has 0 fully saturated rings. The molecule has 6 nitrogen and oxygen atoms in total. The van der Waals surface area contributed by atoms with Crippen LogP contribution in [0, 0.1) is 0 Å². The average molecular weight is 430 g/mol. The molecule has 32 heavy (non-hydrogen) atoms. The highest BCUT2D eigenvalue weighted by atomic mass is 16.5. The average Bonchev–Trinajstić information content (AvgIpc) is 2.85. The Morgan fingerprint density at radius 2 is 1.84 bits per heavy atom. The molecule has 1 aliphatic carbocycles. The van der Waals surface area contributed by atoms with Gasteiger partial charge in [-0.3, -0.25) is 4.79 Å². The molecular weight excluding hydrogens is 402 g/mol. The number of hydrogen-bond acceptors (Lipinski definition) is 5. The Morgan fingerprint density at radius 3 is 2.56 bits per heavy atom. The van der Waals surface area contributed by atoms with Gasteiger partial charge in [0.15, 0.2) is 0 Å². The first kappa shape index (κ1) is 21.6. The third kappa shape index (κ3) is 5.72. The van der Waals surface area contributed by atoms with Gasteiger partial charge < -0.3 is 14.8 Å². The van der Waals surface area contributed by atoms with E-state index in [4.69, 9.17) is 9.47 Å². The van der Waals surface area contributed by atoms with Gasteiger partial charge in [-0.25, -0.2) is 0 Å². The van der Waals surface area contributed by atoms with Gasteiger partial charge in [-0.15, -0.1) is 10.2 Å². The lowest BCUT2D eigenvalue weighted by Crippen LogP contribution is -2.24. The van der Waals surface area contributed by atoms with E-state index in [1.807, 2.05) is 48.5 Å². The van der Waals surface area contributed by atoms with Crippen molar-refractivity contribution in [2.24, 2.45) is 0 Å². The van der Waals surface area contributed by atoms with Gasteiger partial charge in [0, 0.05) is 29.8 Å². The van der Waals surface area contributed by atoms with Crippen LogP contribution in [0.1, 0.15) is 42.5 Å². The number of methoxy groups -OCH3 is 1. The summed E-state index contributed by atoms with van der Waals surface area (Å²) in [5, 5.41) is 11.4. The molecule has 1 amide bonds. The third-order valence-corrected chi connectivity index (χ3v) is 5.46. The second-order valence-corrected chi connectivity index (χ2v) is 7.73. The summed E-state index contributed by atoms with van der Waals surface area (Å²) < 4.78 is 10.9. The highest BCUT2D eigenvalue weighted by Gasteiger charge is 2.09. The number of carbonyl (C=O) groups excluding carboxylic acids is 1. The minimum Gasteiger partial charge on any atom is -0.497 e. The Morgan fingerprint density at radius 1 is 1.00 bits per heavy atom. The number of allylic oxidation sites excluding steroid dienone is 1. The number of nitrogens with one attached hydrogen (secondary N) is 1. The maximum atomic E-state index is 12.4. The molecule has 1 aliphatic rings. The number of carbonyl (C=O) groups is 1. The molecule has 164 valence electrons. The summed E-state index contributed by atoms with van der Waals surface area (Å²) in [5.41, 5.74) is 3.69. The topological polar surface area (TPSA) is 73.3 Å². The Balaban J connectivity index is 1.32. The van der Waals surface area contributed by atoms with Crippen molar-refractivity contribution in [2.75, 3.05) is 13.7 Å². The van der Waals surface area contributed by atoms with Crippen LogP contribution < -0.4 is 14.8 Å². The predicted octanol–water partition coefficient (Wildman–Crippen LogP) is 5.56. The van der Waals surface area contributed by atoms with E-state index in [0.717, 1.165) is 18.4 Å². The van der Waals surface area contributed by atoms with Crippen LogP contribution in [0.4, 0.5) is 0 Å². The summed E-state index contributed by atoms with van der Waals surface area (Å²) in [5.74, 6) is 1.68. The van der Waals surface area contributed by atoms with Crippen molar-refractivity contribution in [3.63, 3.8) is 0 Å². The zero-order chi connectivity index (χ0) is 22.2. The van der Waals surface area contributed by atoms with Gasteiger partial charge in [-0.2, -0.15) is 0 Å². The van der Waals surface area contributed by atoms with E-state index in [0.29, 0.717) is 35.2 Å². The highest BCUT2D eigenvalue weighted by Crippen LogP contribution is 2.25.